The van der Waals surface area contributed by atoms with Crippen LogP contribution >= 0.6 is 0 Å². The molecule has 0 bridgehead atoms. The lowest BCUT2D eigenvalue weighted by Gasteiger charge is -2.32. The molecule has 2 aromatic rings. The van der Waals surface area contributed by atoms with E-state index < -0.39 is 0 Å². The summed E-state index contributed by atoms with van der Waals surface area (Å²) < 4.78 is 5.32. The van der Waals surface area contributed by atoms with Gasteiger partial charge >= 0.3 is 0 Å². The van der Waals surface area contributed by atoms with Crippen LogP contribution in [0.2, 0.25) is 0 Å². The number of hydrogen-bond acceptors (Lipinski definition) is 6. The molecule has 2 unspecified atom stereocenters. The number of pyridine rings is 1. The maximum atomic E-state index is 12.8. The fourth-order valence-electron chi connectivity index (χ4n) is 3.88. The van der Waals surface area contributed by atoms with E-state index in [1.54, 1.807) is 23.4 Å². The molecule has 2 atom stereocenters. The van der Waals surface area contributed by atoms with E-state index >= 15 is 0 Å². The summed E-state index contributed by atoms with van der Waals surface area (Å²) in [7, 11) is 0. The van der Waals surface area contributed by atoms with Crippen LogP contribution in [-0.4, -0.2) is 59.1 Å². The van der Waals surface area contributed by atoms with Gasteiger partial charge in [0, 0.05) is 43.7 Å². The van der Waals surface area contributed by atoms with Crippen LogP contribution in [-0.2, 0) is 4.79 Å². The maximum absolute atomic E-state index is 12.8. The van der Waals surface area contributed by atoms with Gasteiger partial charge in [0.2, 0.25) is 5.91 Å². The Bertz CT molecular complexity index is 816. The Morgan fingerprint density at radius 1 is 1.32 bits per heavy atom. The van der Waals surface area contributed by atoms with Gasteiger partial charge in [0.05, 0.1) is 6.04 Å². The van der Waals surface area contributed by atoms with E-state index in [1.165, 1.54) is 0 Å². The molecule has 2 amide bonds. The molecule has 2 N–H and O–H groups in total. The molecule has 28 heavy (non-hydrogen) atoms. The highest BCUT2D eigenvalue weighted by molar-refractivity contribution is 5.93. The second-order valence-electron chi connectivity index (χ2n) is 7.47. The van der Waals surface area contributed by atoms with E-state index in [-0.39, 0.29) is 23.8 Å². The Hall–Kier alpha value is -2.74. The van der Waals surface area contributed by atoms with Crippen molar-refractivity contribution in [3.05, 3.63) is 36.3 Å². The van der Waals surface area contributed by atoms with Crippen LogP contribution in [0.1, 0.15) is 36.2 Å². The molecule has 2 aliphatic rings. The van der Waals surface area contributed by atoms with E-state index in [2.05, 4.69) is 20.8 Å². The van der Waals surface area contributed by atoms with Crippen LogP contribution < -0.4 is 10.6 Å². The number of nitrogens with one attached hydrogen (secondary N) is 2. The average Bonchev–Trinajstić information content (AvgIpc) is 3.45. The van der Waals surface area contributed by atoms with Gasteiger partial charge in [0.1, 0.15) is 0 Å². The van der Waals surface area contributed by atoms with Crippen molar-refractivity contribution in [3.63, 3.8) is 0 Å². The molecule has 0 saturated carbocycles. The third kappa shape index (κ3) is 4.22. The maximum Gasteiger partial charge on any atom is 0.276 e. The standard InChI is InChI=1S/C20H25N5O3/c26-19(16-6-2-8-22-16)23-11-14-4-3-9-25(13-14)20(27)17-10-18(28-24-17)15-5-1-7-21-12-15/h1,5,7,10,12,14,16,22H,2-4,6,8-9,11,13H2,(H,23,26). The monoisotopic (exact) mass is 383 g/mol. The first kappa shape index (κ1) is 18.6. The van der Waals surface area contributed by atoms with Crippen molar-refractivity contribution in [2.75, 3.05) is 26.2 Å². The summed E-state index contributed by atoms with van der Waals surface area (Å²) in [4.78, 5) is 30.9. The number of rotatable bonds is 5. The SMILES string of the molecule is O=C(NCC1CCCN(C(=O)c2cc(-c3cccnc3)on2)C1)C1CCCN1. The summed E-state index contributed by atoms with van der Waals surface area (Å²) in [6.07, 6.45) is 7.22. The molecule has 0 spiro atoms. The van der Waals surface area contributed by atoms with E-state index in [0.29, 0.717) is 31.1 Å². The van der Waals surface area contributed by atoms with Gasteiger partial charge in [-0.2, -0.15) is 0 Å². The van der Waals surface area contributed by atoms with E-state index in [0.717, 1.165) is 37.8 Å². The van der Waals surface area contributed by atoms with E-state index in [4.69, 9.17) is 4.52 Å². The van der Waals surface area contributed by atoms with Crippen molar-refractivity contribution in [3.8, 4) is 11.3 Å². The van der Waals surface area contributed by atoms with Crippen LogP contribution in [0.4, 0.5) is 0 Å². The summed E-state index contributed by atoms with van der Waals surface area (Å²) in [5.74, 6) is 0.722. The third-order valence-corrected chi connectivity index (χ3v) is 5.42. The van der Waals surface area contributed by atoms with Crippen molar-refractivity contribution in [1.29, 1.82) is 0 Å². The number of piperidine rings is 1. The topological polar surface area (TPSA) is 100 Å². The Labute approximate surface area is 163 Å². The molecule has 4 rings (SSSR count). The number of likely N-dealkylation sites (tertiary alicyclic amines) is 1. The molecule has 148 valence electrons. The van der Waals surface area contributed by atoms with Crippen molar-refractivity contribution in [1.82, 2.24) is 25.7 Å². The predicted octanol–water partition coefficient (Wildman–Crippen LogP) is 1.46. The summed E-state index contributed by atoms with van der Waals surface area (Å²) in [5.41, 5.74) is 1.09. The fraction of sp³-hybridized carbons (Fsp3) is 0.500. The largest absolute Gasteiger partial charge is 0.355 e. The molecule has 8 heteroatoms. The number of nitrogens with zero attached hydrogens (tertiary/aromatic N) is 3. The lowest BCUT2D eigenvalue weighted by atomic mass is 9.97. The summed E-state index contributed by atoms with van der Waals surface area (Å²) in [5, 5.41) is 10.2. The molecule has 0 aromatic carbocycles. The quantitative estimate of drug-likeness (QED) is 0.811. The molecule has 2 saturated heterocycles. The minimum Gasteiger partial charge on any atom is -0.355 e. The average molecular weight is 383 g/mol. The van der Waals surface area contributed by atoms with Gasteiger partial charge in [-0.15, -0.1) is 0 Å². The number of amides is 2. The third-order valence-electron chi connectivity index (χ3n) is 5.42. The van der Waals surface area contributed by atoms with Gasteiger partial charge in [0.25, 0.3) is 5.91 Å². The molecule has 2 fully saturated rings. The smallest absolute Gasteiger partial charge is 0.276 e. The number of carbonyl (C=O) groups excluding carboxylic acids is 2. The molecule has 2 aromatic heterocycles. The van der Waals surface area contributed by atoms with Crippen LogP contribution in [0, 0.1) is 5.92 Å². The molecule has 4 heterocycles. The normalized spacial score (nSPS) is 22.2. The summed E-state index contributed by atoms with van der Waals surface area (Å²) in [6.45, 7) is 2.82. The molecule has 0 radical (unpaired) electrons. The highest BCUT2D eigenvalue weighted by Gasteiger charge is 2.28. The number of carbonyl (C=O) groups is 2. The minimum absolute atomic E-state index is 0.0673. The predicted molar refractivity (Wildman–Crippen MR) is 102 cm³/mol. The second kappa shape index (κ2) is 8.52. The molecule has 8 nitrogen and oxygen atoms in total. The first-order valence-electron chi connectivity index (χ1n) is 9.88. The van der Waals surface area contributed by atoms with Crippen LogP contribution in [0.5, 0.6) is 0 Å². The minimum atomic E-state index is -0.132. The zero-order chi connectivity index (χ0) is 19.3. The van der Waals surface area contributed by atoms with Gasteiger partial charge in [-0.05, 0) is 50.3 Å². The van der Waals surface area contributed by atoms with Crippen molar-refractivity contribution in [2.45, 2.75) is 31.7 Å². The van der Waals surface area contributed by atoms with Crippen molar-refractivity contribution >= 4 is 11.8 Å². The number of aromatic nitrogens is 2. The van der Waals surface area contributed by atoms with Gasteiger partial charge in [-0.25, -0.2) is 0 Å². The Morgan fingerprint density at radius 3 is 3.04 bits per heavy atom. The zero-order valence-corrected chi connectivity index (χ0v) is 15.8. The van der Waals surface area contributed by atoms with Gasteiger partial charge < -0.3 is 20.1 Å². The molecule has 2 aliphatic heterocycles. The van der Waals surface area contributed by atoms with Gasteiger partial charge in [-0.3, -0.25) is 14.6 Å². The Balaban J connectivity index is 1.33. The summed E-state index contributed by atoms with van der Waals surface area (Å²) >= 11 is 0. The lowest BCUT2D eigenvalue weighted by Crippen LogP contribution is -2.46. The molecule has 0 aliphatic carbocycles. The van der Waals surface area contributed by atoms with Crippen molar-refractivity contribution in [2.24, 2.45) is 5.92 Å². The van der Waals surface area contributed by atoms with Crippen LogP contribution in [0.15, 0.2) is 35.1 Å². The summed E-state index contributed by atoms with van der Waals surface area (Å²) in [6, 6.07) is 5.27. The van der Waals surface area contributed by atoms with E-state index in [9.17, 15) is 9.59 Å². The highest BCUT2D eigenvalue weighted by atomic mass is 16.5. The fourth-order valence-corrected chi connectivity index (χ4v) is 3.88. The molecular formula is C20H25N5O3. The van der Waals surface area contributed by atoms with Crippen LogP contribution in [0.3, 0.4) is 0 Å². The zero-order valence-electron chi connectivity index (χ0n) is 15.8. The highest BCUT2D eigenvalue weighted by Crippen LogP contribution is 2.22. The van der Waals surface area contributed by atoms with Gasteiger partial charge in [0.15, 0.2) is 11.5 Å². The number of hydrogen-bond donors (Lipinski definition) is 2. The van der Waals surface area contributed by atoms with Crippen LogP contribution in [0.25, 0.3) is 11.3 Å². The Kier molecular flexibility index (Phi) is 5.66. The van der Waals surface area contributed by atoms with Crippen molar-refractivity contribution < 1.29 is 14.1 Å². The Morgan fingerprint density at radius 2 is 2.25 bits per heavy atom. The van der Waals surface area contributed by atoms with E-state index in [1.807, 2.05) is 12.1 Å². The van der Waals surface area contributed by atoms with Gasteiger partial charge in [-0.1, -0.05) is 5.16 Å². The molecular weight excluding hydrogens is 358 g/mol. The second-order valence-corrected chi connectivity index (χ2v) is 7.47. The lowest BCUT2D eigenvalue weighted by molar-refractivity contribution is -0.123. The first-order chi connectivity index (χ1) is 13.7. The first-order valence-corrected chi connectivity index (χ1v) is 9.88.